The summed E-state index contributed by atoms with van der Waals surface area (Å²) >= 11 is 6.00. The molecule has 0 unspecified atom stereocenters. The summed E-state index contributed by atoms with van der Waals surface area (Å²) in [5.74, 6) is -0.206. The van der Waals surface area contributed by atoms with E-state index in [2.05, 4.69) is 10.4 Å². The van der Waals surface area contributed by atoms with Crippen LogP contribution in [-0.4, -0.2) is 35.4 Å². The van der Waals surface area contributed by atoms with Gasteiger partial charge >= 0.3 is 5.97 Å². The number of aromatic nitrogens is 2. The zero-order chi connectivity index (χ0) is 21.0. The van der Waals surface area contributed by atoms with Crippen LogP contribution < -0.4 is 10.1 Å². The second kappa shape index (κ2) is 8.79. The molecule has 150 valence electrons. The van der Waals surface area contributed by atoms with Crippen LogP contribution in [0.1, 0.15) is 33.3 Å². The van der Waals surface area contributed by atoms with E-state index >= 15 is 0 Å². The van der Waals surface area contributed by atoms with E-state index in [9.17, 15) is 9.59 Å². The van der Waals surface area contributed by atoms with E-state index < -0.39 is 5.97 Å². The second-order valence-corrected chi connectivity index (χ2v) is 6.56. The maximum Gasteiger partial charge on any atom is 0.341 e. The third-order valence-corrected chi connectivity index (χ3v) is 4.52. The minimum absolute atomic E-state index is 0.296. The van der Waals surface area contributed by atoms with E-state index in [4.69, 9.17) is 21.1 Å². The number of esters is 1. The molecule has 1 heterocycles. The molecule has 8 heteroatoms. The maximum atomic E-state index is 12.6. The first-order valence-electron chi connectivity index (χ1n) is 8.91. The van der Waals surface area contributed by atoms with Crippen LogP contribution in [0.4, 0.5) is 5.69 Å². The number of ether oxygens (including phenoxy) is 2. The average Bonchev–Trinajstić information content (AvgIpc) is 3.10. The Labute approximate surface area is 173 Å². The number of amides is 1. The SMILES string of the molecule is CCOC(=O)c1cnn(-c2ccc(C(=O)Nc3cc(Cl)ccc3OC)cc2)c1C. The van der Waals surface area contributed by atoms with Gasteiger partial charge in [-0.3, -0.25) is 4.79 Å². The van der Waals surface area contributed by atoms with Gasteiger partial charge in [-0.2, -0.15) is 5.10 Å². The van der Waals surface area contributed by atoms with Crippen molar-refractivity contribution in [2.24, 2.45) is 0 Å². The minimum Gasteiger partial charge on any atom is -0.495 e. The van der Waals surface area contributed by atoms with Crippen LogP contribution in [0, 0.1) is 6.92 Å². The van der Waals surface area contributed by atoms with Crippen LogP contribution in [0.3, 0.4) is 0 Å². The van der Waals surface area contributed by atoms with Crippen LogP contribution in [0.5, 0.6) is 5.75 Å². The van der Waals surface area contributed by atoms with Crippen molar-refractivity contribution in [3.8, 4) is 11.4 Å². The highest BCUT2D eigenvalue weighted by Crippen LogP contribution is 2.28. The number of hydrogen-bond donors (Lipinski definition) is 1. The van der Waals surface area contributed by atoms with E-state index in [1.807, 2.05) is 0 Å². The molecule has 1 amide bonds. The first kappa shape index (κ1) is 20.4. The molecule has 3 aromatic rings. The number of anilines is 1. The van der Waals surface area contributed by atoms with Crippen molar-refractivity contribution in [2.45, 2.75) is 13.8 Å². The summed E-state index contributed by atoms with van der Waals surface area (Å²) in [7, 11) is 1.52. The van der Waals surface area contributed by atoms with Gasteiger partial charge in [-0.05, 0) is 56.3 Å². The van der Waals surface area contributed by atoms with Crippen LogP contribution in [0.25, 0.3) is 5.69 Å². The molecule has 0 saturated carbocycles. The topological polar surface area (TPSA) is 82.5 Å². The van der Waals surface area contributed by atoms with Crippen molar-refractivity contribution in [1.29, 1.82) is 0 Å². The third-order valence-electron chi connectivity index (χ3n) is 4.29. The fourth-order valence-corrected chi connectivity index (χ4v) is 2.98. The highest BCUT2D eigenvalue weighted by molar-refractivity contribution is 6.31. The fraction of sp³-hybridized carbons (Fsp3) is 0.190. The number of hydrogen-bond acceptors (Lipinski definition) is 5. The van der Waals surface area contributed by atoms with Crippen molar-refractivity contribution in [3.05, 3.63) is 70.5 Å². The lowest BCUT2D eigenvalue weighted by molar-refractivity contribution is 0.0525. The molecular weight excluding hydrogens is 394 g/mol. The smallest absolute Gasteiger partial charge is 0.341 e. The van der Waals surface area contributed by atoms with Gasteiger partial charge in [0.2, 0.25) is 0 Å². The quantitative estimate of drug-likeness (QED) is 0.610. The Kier molecular flexibility index (Phi) is 6.19. The molecule has 0 atom stereocenters. The first-order chi connectivity index (χ1) is 13.9. The molecule has 1 N–H and O–H groups in total. The van der Waals surface area contributed by atoms with Gasteiger partial charge < -0.3 is 14.8 Å². The molecule has 1 aromatic heterocycles. The van der Waals surface area contributed by atoms with E-state index in [1.165, 1.54) is 13.3 Å². The van der Waals surface area contributed by atoms with Gasteiger partial charge in [0.05, 0.1) is 37.0 Å². The lowest BCUT2D eigenvalue weighted by Crippen LogP contribution is -2.13. The van der Waals surface area contributed by atoms with Crippen LogP contribution >= 0.6 is 11.6 Å². The number of carbonyl (C=O) groups excluding carboxylic acids is 2. The van der Waals surface area contributed by atoms with Crippen LogP contribution in [0.2, 0.25) is 5.02 Å². The molecule has 7 nitrogen and oxygen atoms in total. The first-order valence-corrected chi connectivity index (χ1v) is 9.29. The highest BCUT2D eigenvalue weighted by atomic mass is 35.5. The van der Waals surface area contributed by atoms with Crippen molar-refractivity contribution in [1.82, 2.24) is 9.78 Å². The zero-order valence-electron chi connectivity index (χ0n) is 16.2. The van der Waals surface area contributed by atoms with Gasteiger partial charge in [-0.15, -0.1) is 0 Å². The van der Waals surface area contributed by atoms with Crippen molar-refractivity contribution < 1.29 is 19.1 Å². The molecule has 0 aliphatic heterocycles. The van der Waals surface area contributed by atoms with Gasteiger partial charge in [0, 0.05) is 10.6 Å². The summed E-state index contributed by atoms with van der Waals surface area (Å²) < 4.78 is 11.9. The summed E-state index contributed by atoms with van der Waals surface area (Å²) in [6, 6.07) is 11.8. The molecule has 0 saturated heterocycles. The summed E-state index contributed by atoms with van der Waals surface area (Å²) in [4.78, 5) is 24.5. The number of nitrogens with one attached hydrogen (secondary N) is 1. The van der Waals surface area contributed by atoms with Gasteiger partial charge in [0.1, 0.15) is 11.3 Å². The molecule has 3 rings (SSSR count). The van der Waals surface area contributed by atoms with Gasteiger partial charge in [0.15, 0.2) is 0 Å². The zero-order valence-corrected chi connectivity index (χ0v) is 17.0. The largest absolute Gasteiger partial charge is 0.495 e. The molecule has 0 fully saturated rings. The molecule has 0 aliphatic carbocycles. The summed E-state index contributed by atoms with van der Waals surface area (Å²) in [5, 5.41) is 7.53. The predicted octanol–water partition coefficient (Wildman–Crippen LogP) is 4.27. The maximum absolute atomic E-state index is 12.6. The third kappa shape index (κ3) is 4.41. The summed E-state index contributed by atoms with van der Waals surface area (Å²) in [6.07, 6.45) is 1.47. The van der Waals surface area contributed by atoms with Crippen molar-refractivity contribution >= 4 is 29.2 Å². The Bertz CT molecular complexity index is 1040. The van der Waals surface area contributed by atoms with Gasteiger partial charge in [-0.1, -0.05) is 11.6 Å². The van der Waals surface area contributed by atoms with Gasteiger partial charge in [-0.25, -0.2) is 9.48 Å². The highest BCUT2D eigenvalue weighted by Gasteiger charge is 2.16. The number of carbonyl (C=O) groups is 2. The molecule has 0 bridgehead atoms. The second-order valence-electron chi connectivity index (χ2n) is 6.12. The van der Waals surface area contributed by atoms with Crippen molar-refractivity contribution in [3.63, 3.8) is 0 Å². The lowest BCUT2D eigenvalue weighted by atomic mass is 10.1. The Morgan fingerprint density at radius 1 is 1.17 bits per heavy atom. The minimum atomic E-state index is -0.414. The normalized spacial score (nSPS) is 10.5. The Morgan fingerprint density at radius 2 is 1.90 bits per heavy atom. The van der Waals surface area contributed by atoms with Crippen LogP contribution in [-0.2, 0) is 4.74 Å². The molecule has 0 spiro atoms. The lowest BCUT2D eigenvalue weighted by Gasteiger charge is -2.11. The fourth-order valence-electron chi connectivity index (χ4n) is 2.81. The molecule has 0 aliphatic rings. The number of benzene rings is 2. The Balaban J connectivity index is 1.80. The van der Waals surface area contributed by atoms with E-state index in [0.717, 1.165) is 5.69 Å². The molecular formula is C21H20ClN3O4. The Hall–Kier alpha value is -3.32. The van der Waals surface area contributed by atoms with E-state index in [0.29, 0.717) is 39.9 Å². The molecule has 2 aromatic carbocycles. The number of nitrogens with zero attached hydrogens (tertiary/aromatic N) is 2. The standard InChI is InChI=1S/C21H20ClN3O4/c1-4-29-21(27)17-12-23-25(13(17)2)16-8-5-14(6-9-16)20(26)24-18-11-15(22)7-10-19(18)28-3/h5-12H,4H2,1-3H3,(H,24,26). The van der Waals surface area contributed by atoms with Crippen LogP contribution in [0.15, 0.2) is 48.7 Å². The van der Waals surface area contributed by atoms with Crippen molar-refractivity contribution in [2.75, 3.05) is 19.0 Å². The summed E-state index contributed by atoms with van der Waals surface area (Å²) in [6.45, 7) is 3.83. The Morgan fingerprint density at radius 3 is 2.55 bits per heavy atom. The predicted molar refractivity (Wildman–Crippen MR) is 110 cm³/mol. The van der Waals surface area contributed by atoms with Gasteiger partial charge in [0.25, 0.3) is 5.91 Å². The number of methoxy groups -OCH3 is 1. The molecule has 29 heavy (non-hydrogen) atoms. The molecule has 0 radical (unpaired) electrons. The number of halogens is 1. The van der Waals surface area contributed by atoms with E-state index in [1.54, 1.807) is 61.0 Å². The monoisotopic (exact) mass is 413 g/mol. The average molecular weight is 414 g/mol. The number of rotatable bonds is 6. The van der Waals surface area contributed by atoms with E-state index in [-0.39, 0.29) is 5.91 Å². The summed E-state index contributed by atoms with van der Waals surface area (Å²) in [5.41, 5.74) is 2.71.